The van der Waals surface area contributed by atoms with Crippen LogP contribution in [0.4, 0.5) is 0 Å². The minimum absolute atomic E-state index is 0.296. The maximum atomic E-state index is 12.2. The van der Waals surface area contributed by atoms with Crippen LogP contribution in [-0.2, 0) is 11.2 Å². The van der Waals surface area contributed by atoms with E-state index in [1.807, 2.05) is 11.9 Å². The summed E-state index contributed by atoms with van der Waals surface area (Å²) in [4.78, 5) is 14.2. The third-order valence-corrected chi connectivity index (χ3v) is 4.87. The van der Waals surface area contributed by atoms with E-state index in [1.165, 1.54) is 11.1 Å². The predicted molar refractivity (Wildman–Crippen MR) is 85.8 cm³/mol. The molecule has 1 aliphatic rings. The normalized spacial score (nSPS) is 18.6. The standard InChI is InChI=1S/C16H23BrN2O/c1-12-9-13(3-5-15(12)17)4-6-16(20)19-8-7-14(11-19)10-18-2/h3,5,9,14,18H,4,6-8,10-11H2,1-2H3. The first-order valence-corrected chi connectivity index (χ1v) is 8.07. The van der Waals surface area contributed by atoms with E-state index in [-0.39, 0.29) is 0 Å². The summed E-state index contributed by atoms with van der Waals surface area (Å²) in [5.74, 6) is 0.919. The van der Waals surface area contributed by atoms with Crippen molar-refractivity contribution in [3.63, 3.8) is 0 Å². The van der Waals surface area contributed by atoms with Crippen LogP contribution in [-0.4, -0.2) is 37.5 Å². The van der Waals surface area contributed by atoms with Gasteiger partial charge in [-0.15, -0.1) is 0 Å². The number of amides is 1. The molecule has 1 unspecified atom stereocenters. The molecule has 1 heterocycles. The fourth-order valence-electron chi connectivity index (χ4n) is 2.79. The van der Waals surface area contributed by atoms with Crippen LogP contribution in [0.5, 0.6) is 0 Å². The number of likely N-dealkylation sites (tertiary alicyclic amines) is 1. The van der Waals surface area contributed by atoms with Crippen LogP contribution in [0.2, 0.25) is 0 Å². The monoisotopic (exact) mass is 338 g/mol. The molecule has 1 N–H and O–H groups in total. The summed E-state index contributed by atoms with van der Waals surface area (Å²) in [6, 6.07) is 6.32. The maximum absolute atomic E-state index is 12.2. The molecular formula is C16H23BrN2O. The van der Waals surface area contributed by atoms with Crippen molar-refractivity contribution in [1.29, 1.82) is 0 Å². The first-order chi connectivity index (χ1) is 9.60. The summed E-state index contributed by atoms with van der Waals surface area (Å²) in [7, 11) is 1.97. The van der Waals surface area contributed by atoms with Gasteiger partial charge in [-0.2, -0.15) is 0 Å². The number of hydrogen-bond acceptors (Lipinski definition) is 2. The lowest BCUT2D eigenvalue weighted by Crippen LogP contribution is -2.30. The summed E-state index contributed by atoms with van der Waals surface area (Å²) in [5, 5.41) is 3.20. The third kappa shape index (κ3) is 4.06. The van der Waals surface area contributed by atoms with Gasteiger partial charge in [0.1, 0.15) is 0 Å². The molecule has 1 saturated heterocycles. The van der Waals surface area contributed by atoms with E-state index in [0.29, 0.717) is 18.2 Å². The van der Waals surface area contributed by atoms with Crippen LogP contribution in [0, 0.1) is 12.8 Å². The summed E-state index contributed by atoms with van der Waals surface area (Å²) in [5.41, 5.74) is 2.47. The second-order valence-electron chi connectivity index (χ2n) is 5.64. The zero-order chi connectivity index (χ0) is 14.5. The van der Waals surface area contributed by atoms with E-state index in [2.05, 4.69) is 46.4 Å². The van der Waals surface area contributed by atoms with Gasteiger partial charge in [0.15, 0.2) is 0 Å². The smallest absolute Gasteiger partial charge is 0.222 e. The van der Waals surface area contributed by atoms with Gasteiger partial charge in [-0.1, -0.05) is 28.1 Å². The molecule has 1 aromatic carbocycles. The lowest BCUT2D eigenvalue weighted by molar-refractivity contribution is -0.130. The van der Waals surface area contributed by atoms with Crippen molar-refractivity contribution in [2.75, 3.05) is 26.7 Å². The number of hydrogen-bond donors (Lipinski definition) is 1. The highest BCUT2D eigenvalue weighted by molar-refractivity contribution is 9.10. The zero-order valence-electron chi connectivity index (χ0n) is 12.3. The Balaban J connectivity index is 1.82. The van der Waals surface area contributed by atoms with Crippen LogP contribution < -0.4 is 5.32 Å². The Morgan fingerprint density at radius 1 is 1.50 bits per heavy atom. The van der Waals surface area contributed by atoms with Crippen LogP contribution >= 0.6 is 15.9 Å². The molecule has 1 atom stereocenters. The van der Waals surface area contributed by atoms with Gasteiger partial charge in [0.25, 0.3) is 0 Å². The van der Waals surface area contributed by atoms with Crippen molar-refractivity contribution in [3.8, 4) is 0 Å². The number of halogens is 1. The van der Waals surface area contributed by atoms with E-state index >= 15 is 0 Å². The fraction of sp³-hybridized carbons (Fsp3) is 0.562. The molecule has 1 fully saturated rings. The van der Waals surface area contributed by atoms with Gasteiger partial charge in [-0.3, -0.25) is 4.79 Å². The fourth-order valence-corrected chi connectivity index (χ4v) is 3.03. The molecule has 0 bridgehead atoms. The molecule has 20 heavy (non-hydrogen) atoms. The first kappa shape index (κ1) is 15.5. The average molecular weight is 339 g/mol. The molecular weight excluding hydrogens is 316 g/mol. The van der Waals surface area contributed by atoms with E-state index in [9.17, 15) is 4.79 Å². The van der Waals surface area contributed by atoms with Gasteiger partial charge >= 0.3 is 0 Å². The first-order valence-electron chi connectivity index (χ1n) is 7.27. The number of rotatable bonds is 5. The molecule has 2 rings (SSSR count). The lowest BCUT2D eigenvalue weighted by Gasteiger charge is -2.16. The topological polar surface area (TPSA) is 32.3 Å². The quantitative estimate of drug-likeness (QED) is 0.895. The van der Waals surface area contributed by atoms with E-state index in [1.54, 1.807) is 0 Å². The van der Waals surface area contributed by atoms with Crippen molar-refractivity contribution in [3.05, 3.63) is 33.8 Å². The summed E-state index contributed by atoms with van der Waals surface area (Å²) in [6.07, 6.45) is 2.58. The third-order valence-electron chi connectivity index (χ3n) is 3.98. The molecule has 0 saturated carbocycles. The van der Waals surface area contributed by atoms with Crippen molar-refractivity contribution in [2.24, 2.45) is 5.92 Å². The number of nitrogens with zero attached hydrogens (tertiary/aromatic N) is 1. The molecule has 1 aliphatic heterocycles. The highest BCUT2D eigenvalue weighted by atomic mass is 79.9. The summed E-state index contributed by atoms with van der Waals surface area (Å²) in [6.45, 7) is 4.93. The van der Waals surface area contributed by atoms with Gasteiger partial charge in [0, 0.05) is 24.0 Å². The van der Waals surface area contributed by atoms with Crippen LogP contribution in [0.25, 0.3) is 0 Å². The number of carbonyl (C=O) groups is 1. The molecule has 3 nitrogen and oxygen atoms in total. The lowest BCUT2D eigenvalue weighted by atomic mass is 10.1. The van der Waals surface area contributed by atoms with Gasteiger partial charge < -0.3 is 10.2 Å². The molecule has 0 aromatic heterocycles. The van der Waals surface area contributed by atoms with Crippen LogP contribution in [0.3, 0.4) is 0 Å². The van der Waals surface area contributed by atoms with E-state index < -0.39 is 0 Å². The van der Waals surface area contributed by atoms with E-state index in [0.717, 1.165) is 36.9 Å². The van der Waals surface area contributed by atoms with Crippen molar-refractivity contribution in [1.82, 2.24) is 10.2 Å². The second kappa shape index (κ2) is 7.23. The Bertz CT molecular complexity index is 476. The molecule has 0 radical (unpaired) electrons. The minimum Gasteiger partial charge on any atom is -0.342 e. The van der Waals surface area contributed by atoms with Crippen LogP contribution in [0.1, 0.15) is 24.0 Å². The second-order valence-corrected chi connectivity index (χ2v) is 6.49. The Labute approximate surface area is 129 Å². The minimum atomic E-state index is 0.296. The summed E-state index contributed by atoms with van der Waals surface area (Å²) < 4.78 is 1.13. The molecule has 0 spiro atoms. The van der Waals surface area contributed by atoms with Gasteiger partial charge in [-0.25, -0.2) is 0 Å². The van der Waals surface area contributed by atoms with Crippen molar-refractivity contribution >= 4 is 21.8 Å². The number of carbonyl (C=O) groups excluding carboxylic acids is 1. The van der Waals surface area contributed by atoms with Crippen molar-refractivity contribution in [2.45, 2.75) is 26.2 Å². The Hall–Kier alpha value is -0.870. The molecule has 1 amide bonds. The van der Waals surface area contributed by atoms with Gasteiger partial charge in [0.05, 0.1) is 0 Å². The Morgan fingerprint density at radius 2 is 2.30 bits per heavy atom. The predicted octanol–water partition coefficient (Wildman–Crippen LogP) is 2.76. The average Bonchev–Trinajstić information content (AvgIpc) is 2.89. The highest BCUT2D eigenvalue weighted by Crippen LogP contribution is 2.20. The van der Waals surface area contributed by atoms with Gasteiger partial charge in [0.2, 0.25) is 5.91 Å². The largest absolute Gasteiger partial charge is 0.342 e. The highest BCUT2D eigenvalue weighted by Gasteiger charge is 2.25. The zero-order valence-corrected chi connectivity index (χ0v) is 13.9. The van der Waals surface area contributed by atoms with Gasteiger partial charge in [-0.05, 0) is 56.5 Å². The number of benzene rings is 1. The molecule has 1 aromatic rings. The summed E-state index contributed by atoms with van der Waals surface area (Å²) >= 11 is 3.50. The molecule has 0 aliphatic carbocycles. The Kier molecular flexibility index (Phi) is 5.61. The SMILES string of the molecule is CNCC1CCN(C(=O)CCc2ccc(Br)c(C)c2)C1. The number of aryl methyl sites for hydroxylation is 2. The van der Waals surface area contributed by atoms with E-state index in [4.69, 9.17) is 0 Å². The van der Waals surface area contributed by atoms with Crippen molar-refractivity contribution < 1.29 is 4.79 Å². The molecule has 4 heteroatoms. The number of nitrogens with one attached hydrogen (secondary N) is 1. The maximum Gasteiger partial charge on any atom is 0.222 e. The van der Waals surface area contributed by atoms with Crippen LogP contribution in [0.15, 0.2) is 22.7 Å². The molecule has 110 valence electrons. The Morgan fingerprint density at radius 3 is 3.00 bits per heavy atom.